The van der Waals surface area contributed by atoms with Crippen molar-refractivity contribution in [3.63, 3.8) is 0 Å². The van der Waals surface area contributed by atoms with E-state index in [0.29, 0.717) is 0 Å². The van der Waals surface area contributed by atoms with Crippen LogP contribution in [0.5, 0.6) is 0 Å². The van der Waals surface area contributed by atoms with Crippen molar-refractivity contribution in [2.45, 2.75) is 27.7 Å². The second-order valence-corrected chi connectivity index (χ2v) is 14.8. The van der Waals surface area contributed by atoms with Crippen molar-refractivity contribution in [3.8, 4) is 0 Å². The summed E-state index contributed by atoms with van der Waals surface area (Å²) in [5.41, 5.74) is 12.0. The van der Waals surface area contributed by atoms with Gasteiger partial charge in [0.2, 0.25) is 0 Å². The molecule has 0 bridgehead atoms. The summed E-state index contributed by atoms with van der Waals surface area (Å²) in [6, 6.07) is 58.1. The fraction of sp³-hybridized carbons (Fsp3) is 0.0833. The SMILES string of the molecule is Cc1cccc(N(c2ccc3c(ccc4sc5ccc6cc(N(c7cccc(C)c7)c7ccccc7C)ccc6c5c43)c2)c2ccccc2C)c1. The van der Waals surface area contributed by atoms with Gasteiger partial charge < -0.3 is 9.80 Å². The molecule has 8 aromatic carbocycles. The predicted molar refractivity (Wildman–Crippen MR) is 223 cm³/mol. The van der Waals surface area contributed by atoms with Gasteiger partial charge in [-0.25, -0.2) is 0 Å². The Morgan fingerprint density at radius 3 is 1.24 bits per heavy atom. The first-order valence-electron chi connectivity index (χ1n) is 17.6. The Bertz CT molecular complexity index is 2580. The highest BCUT2D eigenvalue weighted by atomic mass is 32.1. The van der Waals surface area contributed by atoms with Crippen LogP contribution in [-0.2, 0) is 0 Å². The van der Waals surface area contributed by atoms with Gasteiger partial charge in [0.1, 0.15) is 0 Å². The first kappa shape index (κ1) is 31.1. The van der Waals surface area contributed by atoms with E-state index in [4.69, 9.17) is 0 Å². The average Bonchev–Trinajstić information content (AvgIpc) is 3.53. The van der Waals surface area contributed by atoms with E-state index in [1.54, 1.807) is 0 Å². The minimum Gasteiger partial charge on any atom is -0.310 e. The summed E-state index contributed by atoms with van der Waals surface area (Å²) < 4.78 is 2.63. The molecular weight excluding hydrogens is 637 g/mol. The Balaban J connectivity index is 1.22. The number of hydrogen-bond acceptors (Lipinski definition) is 3. The lowest BCUT2D eigenvalue weighted by Crippen LogP contribution is -2.11. The highest BCUT2D eigenvalue weighted by Crippen LogP contribution is 2.46. The third-order valence-corrected chi connectivity index (χ3v) is 11.3. The van der Waals surface area contributed by atoms with Crippen molar-refractivity contribution >= 4 is 87.2 Å². The summed E-state index contributed by atoms with van der Waals surface area (Å²) in [5.74, 6) is 0. The van der Waals surface area contributed by atoms with E-state index in [2.05, 4.69) is 195 Å². The molecule has 0 aliphatic rings. The lowest BCUT2D eigenvalue weighted by Gasteiger charge is -2.27. The molecule has 0 N–H and O–H groups in total. The number of benzene rings is 8. The molecule has 9 aromatic rings. The van der Waals surface area contributed by atoms with E-state index in [9.17, 15) is 0 Å². The fourth-order valence-corrected chi connectivity index (χ4v) is 8.83. The Labute approximate surface area is 303 Å². The summed E-state index contributed by atoms with van der Waals surface area (Å²) in [7, 11) is 0. The molecule has 0 atom stereocenters. The molecule has 3 heteroatoms. The number of aryl methyl sites for hydroxylation is 4. The van der Waals surface area contributed by atoms with Crippen LogP contribution in [0.4, 0.5) is 34.1 Å². The molecule has 9 rings (SSSR count). The van der Waals surface area contributed by atoms with Gasteiger partial charge in [-0.15, -0.1) is 11.3 Å². The first-order valence-corrected chi connectivity index (χ1v) is 18.4. The highest BCUT2D eigenvalue weighted by molar-refractivity contribution is 7.26. The summed E-state index contributed by atoms with van der Waals surface area (Å²) in [6.45, 7) is 8.71. The van der Waals surface area contributed by atoms with Crippen LogP contribution in [0.2, 0.25) is 0 Å². The van der Waals surface area contributed by atoms with Gasteiger partial charge in [0.15, 0.2) is 0 Å². The molecule has 2 nitrogen and oxygen atoms in total. The minimum atomic E-state index is 1.16. The van der Waals surface area contributed by atoms with Crippen LogP contribution in [0.15, 0.2) is 158 Å². The van der Waals surface area contributed by atoms with Crippen molar-refractivity contribution < 1.29 is 0 Å². The molecule has 0 saturated heterocycles. The van der Waals surface area contributed by atoms with Crippen LogP contribution in [0.3, 0.4) is 0 Å². The third kappa shape index (κ3) is 5.42. The largest absolute Gasteiger partial charge is 0.310 e. The van der Waals surface area contributed by atoms with Gasteiger partial charge in [-0.05, 0) is 144 Å². The molecular formula is C48H38N2S. The summed E-state index contributed by atoms with van der Waals surface area (Å²) in [5, 5.41) is 7.73. The molecule has 0 saturated carbocycles. The van der Waals surface area contributed by atoms with E-state index in [1.807, 2.05) is 11.3 Å². The Morgan fingerprint density at radius 1 is 0.373 bits per heavy atom. The zero-order valence-electron chi connectivity index (χ0n) is 29.3. The van der Waals surface area contributed by atoms with Crippen LogP contribution in [-0.4, -0.2) is 0 Å². The number of fused-ring (bicyclic) bond motifs is 7. The van der Waals surface area contributed by atoms with Gasteiger partial charge in [-0.1, -0.05) is 84.9 Å². The summed E-state index contributed by atoms with van der Waals surface area (Å²) in [4.78, 5) is 4.78. The number of thiophene rings is 1. The smallest absolute Gasteiger partial charge is 0.0490 e. The number of anilines is 6. The number of nitrogens with zero attached hydrogens (tertiary/aromatic N) is 2. The van der Waals surface area contributed by atoms with Crippen molar-refractivity contribution in [3.05, 3.63) is 180 Å². The molecule has 1 aromatic heterocycles. The standard InChI is InChI=1S/C48H38N2S/c1-31-11-9-15-37(27-31)49(43-17-7-5-13-33(43)3)39-21-23-41-35(29-39)19-25-45-47(41)48-42-24-22-40(30-36(42)20-26-46(48)51-45)50(38-16-10-12-32(2)28-38)44-18-8-6-14-34(44)4/h5-30H,1-4H3. The van der Waals surface area contributed by atoms with Gasteiger partial charge in [0.25, 0.3) is 0 Å². The fourth-order valence-electron chi connectivity index (χ4n) is 7.69. The lowest BCUT2D eigenvalue weighted by molar-refractivity contribution is 1.25. The Hall–Kier alpha value is -5.90. The zero-order valence-corrected chi connectivity index (χ0v) is 30.1. The van der Waals surface area contributed by atoms with E-state index in [1.165, 1.54) is 75.3 Å². The molecule has 51 heavy (non-hydrogen) atoms. The maximum atomic E-state index is 2.39. The number of hydrogen-bond donors (Lipinski definition) is 0. The molecule has 0 amide bonds. The predicted octanol–water partition coefficient (Wildman–Crippen LogP) is 14.5. The van der Waals surface area contributed by atoms with Gasteiger partial charge in [0.05, 0.1) is 0 Å². The topological polar surface area (TPSA) is 6.48 Å². The van der Waals surface area contributed by atoms with Gasteiger partial charge in [-0.2, -0.15) is 0 Å². The van der Waals surface area contributed by atoms with Gasteiger partial charge in [-0.3, -0.25) is 0 Å². The van der Waals surface area contributed by atoms with Crippen LogP contribution in [0.1, 0.15) is 22.3 Å². The molecule has 246 valence electrons. The second kappa shape index (κ2) is 12.5. The summed E-state index contributed by atoms with van der Waals surface area (Å²) >= 11 is 1.89. The van der Waals surface area contributed by atoms with Crippen LogP contribution in [0.25, 0.3) is 41.7 Å². The van der Waals surface area contributed by atoms with Crippen molar-refractivity contribution in [2.75, 3.05) is 9.80 Å². The average molecular weight is 675 g/mol. The highest BCUT2D eigenvalue weighted by Gasteiger charge is 2.19. The zero-order chi connectivity index (χ0) is 34.6. The van der Waals surface area contributed by atoms with Gasteiger partial charge >= 0.3 is 0 Å². The van der Waals surface area contributed by atoms with E-state index < -0.39 is 0 Å². The molecule has 0 unspecified atom stereocenters. The molecule has 0 fully saturated rings. The van der Waals surface area contributed by atoms with Crippen LogP contribution >= 0.6 is 11.3 Å². The Kier molecular flexibility index (Phi) is 7.60. The first-order chi connectivity index (χ1) is 24.9. The molecule has 0 aliphatic heterocycles. The number of rotatable bonds is 6. The lowest BCUT2D eigenvalue weighted by atomic mass is 9.98. The number of para-hydroxylation sites is 2. The molecule has 0 aliphatic carbocycles. The molecule has 0 spiro atoms. The second-order valence-electron chi connectivity index (χ2n) is 13.7. The maximum Gasteiger partial charge on any atom is 0.0490 e. The normalized spacial score (nSPS) is 11.5. The van der Waals surface area contributed by atoms with Crippen molar-refractivity contribution in [2.24, 2.45) is 0 Å². The van der Waals surface area contributed by atoms with Crippen molar-refractivity contribution in [1.29, 1.82) is 0 Å². The monoisotopic (exact) mass is 674 g/mol. The van der Waals surface area contributed by atoms with Crippen molar-refractivity contribution in [1.82, 2.24) is 0 Å². The van der Waals surface area contributed by atoms with E-state index >= 15 is 0 Å². The van der Waals surface area contributed by atoms with Crippen LogP contribution in [0, 0.1) is 27.7 Å². The summed E-state index contributed by atoms with van der Waals surface area (Å²) in [6.07, 6.45) is 0. The molecule has 0 radical (unpaired) electrons. The van der Waals surface area contributed by atoms with E-state index in [0.717, 1.165) is 22.7 Å². The Morgan fingerprint density at radius 2 is 0.804 bits per heavy atom. The van der Waals surface area contributed by atoms with Crippen LogP contribution < -0.4 is 9.80 Å². The quantitative estimate of drug-likeness (QED) is 0.173. The maximum absolute atomic E-state index is 2.39. The third-order valence-electron chi connectivity index (χ3n) is 10.1. The van der Waals surface area contributed by atoms with E-state index in [-0.39, 0.29) is 0 Å². The minimum absolute atomic E-state index is 1.16. The molecule has 1 heterocycles. The van der Waals surface area contributed by atoms with Gasteiger partial charge in [0, 0.05) is 54.3 Å².